The van der Waals surface area contributed by atoms with Gasteiger partial charge in [-0.1, -0.05) is 28.8 Å². The Labute approximate surface area is 86.6 Å². The molecule has 0 radical (unpaired) electrons. The van der Waals surface area contributed by atoms with Crippen LogP contribution in [0, 0.1) is 11.3 Å². The van der Waals surface area contributed by atoms with Crippen LogP contribution in [0.25, 0.3) is 0 Å². The Balaban J connectivity index is 2.34. The molecule has 72 valence electrons. The van der Waals surface area contributed by atoms with E-state index in [0.717, 1.165) is 12.8 Å². The highest BCUT2D eigenvalue weighted by atomic mass is 79.9. The van der Waals surface area contributed by atoms with Crippen LogP contribution in [0.5, 0.6) is 0 Å². The van der Waals surface area contributed by atoms with Gasteiger partial charge in [0.1, 0.15) is 6.42 Å². The number of halogens is 1. The predicted molar refractivity (Wildman–Crippen MR) is 53.3 cm³/mol. The number of nitrogens with one attached hydrogen (secondary N) is 1. The van der Waals surface area contributed by atoms with Crippen molar-refractivity contribution in [3.05, 3.63) is 0 Å². The Bertz CT molecular complexity index is 224. The fourth-order valence-corrected chi connectivity index (χ4v) is 2.30. The Morgan fingerprint density at radius 3 is 2.85 bits per heavy atom. The Morgan fingerprint density at radius 2 is 2.23 bits per heavy atom. The quantitative estimate of drug-likeness (QED) is 0.753. The van der Waals surface area contributed by atoms with E-state index in [9.17, 15) is 4.79 Å². The summed E-state index contributed by atoms with van der Waals surface area (Å²) in [6.45, 7) is 0. The van der Waals surface area contributed by atoms with Crippen LogP contribution in [0.15, 0.2) is 0 Å². The molecule has 0 saturated heterocycles. The third kappa shape index (κ3) is 3.35. The second kappa shape index (κ2) is 5.23. The monoisotopic (exact) mass is 244 g/mol. The third-order valence-corrected chi connectivity index (χ3v) is 3.36. The van der Waals surface area contributed by atoms with Crippen LogP contribution in [-0.4, -0.2) is 16.8 Å². The van der Waals surface area contributed by atoms with E-state index in [0.29, 0.717) is 4.83 Å². The van der Waals surface area contributed by atoms with Gasteiger partial charge in [0, 0.05) is 10.9 Å². The number of carbonyl (C=O) groups is 1. The first-order valence-corrected chi connectivity index (χ1v) is 5.46. The van der Waals surface area contributed by atoms with Crippen molar-refractivity contribution in [1.29, 1.82) is 5.26 Å². The zero-order chi connectivity index (χ0) is 9.68. The van der Waals surface area contributed by atoms with Crippen LogP contribution < -0.4 is 5.32 Å². The number of nitriles is 1. The van der Waals surface area contributed by atoms with Gasteiger partial charge in [0.15, 0.2) is 0 Å². The summed E-state index contributed by atoms with van der Waals surface area (Å²) in [5.41, 5.74) is 0. The summed E-state index contributed by atoms with van der Waals surface area (Å²) in [6, 6.07) is 2.06. The summed E-state index contributed by atoms with van der Waals surface area (Å²) in [5, 5.41) is 11.2. The Kier molecular flexibility index (Phi) is 4.23. The van der Waals surface area contributed by atoms with Crippen molar-refractivity contribution in [1.82, 2.24) is 5.32 Å². The summed E-state index contributed by atoms with van der Waals surface area (Å²) in [6.07, 6.45) is 4.49. The highest BCUT2D eigenvalue weighted by Gasteiger charge is 2.23. The highest BCUT2D eigenvalue weighted by Crippen LogP contribution is 2.24. The molecule has 0 aromatic carbocycles. The van der Waals surface area contributed by atoms with Gasteiger partial charge < -0.3 is 5.32 Å². The van der Waals surface area contributed by atoms with E-state index in [2.05, 4.69) is 21.2 Å². The van der Waals surface area contributed by atoms with Crippen LogP contribution in [0.1, 0.15) is 32.1 Å². The molecule has 0 aliphatic heterocycles. The van der Waals surface area contributed by atoms with Crippen LogP contribution in [0.3, 0.4) is 0 Å². The van der Waals surface area contributed by atoms with Crippen LogP contribution in [0.2, 0.25) is 0 Å². The molecule has 0 aromatic heterocycles. The van der Waals surface area contributed by atoms with Crippen molar-refractivity contribution in [2.24, 2.45) is 0 Å². The lowest BCUT2D eigenvalue weighted by atomic mass is 9.95. The zero-order valence-electron chi connectivity index (χ0n) is 7.42. The molecule has 13 heavy (non-hydrogen) atoms. The molecule has 0 bridgehead atoms. The van der Waals surface area contributed by atoms with Gasteiger partial charge in [0.25, 0.3) is 0 Å². The highest BCUT2D eigenvalue weighted by molar-refractivity contribution is 9.09. The lowest BCUT2D eigenvalue weighted by Gasteiger charge is -2.27. The number of alkyl halides is 1. The molecule has 4 heteroatoms. The maximum absolute atomic E-state index is 11.1. The first-order valence-electron chi connectivity index (χ1n) is 4.54. The van der Waals surface area contributed by atoms with Crippen molar-refractivity contribution < 1.29 is 4.79 Å². The van der Waals surface area contributed by atoms with E-state index in [-0.39, 0.29) is 18.4 Å². The first kappa shape index (κ1) is 10.5. The summed E-state index contributed by atoms with van der Waals surface area (Å²) >= 11 is 3.54. The lowest BCUT2D eigenvalue weighted by Crippen LogP contribution is -2.42. The van der Waals surface area contributed by atoms with Crippen LogP contribution in [0.4, 0.5) is 0 Å². The van der Waals surface area contributed by atoms with Gasteiger partial charge in [-0.15, -0.1) is 0 Å². The molecule has 2 atom stereocenters. The van der Waals surface area contributed by atoms with Crippen molar-refractivity contribution in [2.45, 2.75) is 43.0 Å². The van der Waals surface area contributed by atoms with Crippen molar-refractivity contribution in [3.8, 4) is 6.07 Å². The number of hydrogen-bond acceptors (Lipinski definition) is 2. The molecule has 0 heterocycles. The fourth-order valence-electron chi connectivity index (χ4n) is 1.58. The summed E-state index contributed by atoms with van der Waals surface area (Å²) < 4.78 is 0. The SMILES string of the molecule is N#CCC(=O)N[C@H]1CCCC[C@@H]1Br. The van der Waals surface area contributed by atoms with E-state index in [1.807, 2.05) is 6.07 Å². The minimum absolute atomic E-state index is 0.0315. The van der Waals surface area contributed by atoms with Crippen LogP contribution in [-0.2, 0) is 4.79 Å². The maximum Gasteiger partial charge on any atom is 0.234 e. The zero-order valence-corrected chi connectivity index (χ0v) is 9.01. The summed E-state index contributed by atoms with van der Waals surface area (Å²) in [5.74, 6) is -0.154. The average Bonchev–Trinajstić information content (AvgIpc) is 2.09. The van der Waals surface area contributed by atoms with Crippen molar-refractivity contribution in [2.75, 3.05) is 0 Å². The minimum atomic E-state index is -0.154. The molecule has 3 nitrogen and oxygen atoms in total. The first-order chi connectivity index (χ1) is 6.24. The average molecular weight is 245 g/mol. The Morgan fingerprint density at radius 1 is 1.54 bits per heavy atom. The van der Waals surface area contributed by atoms with Crippen molar-refractivity contribution >= 4 is 21.8 Å². The molecule has 1 amide bonds. The lowest BCUT2D eigenvalue weighted by molar-refractivity contribution is -0.120. The standard InChI is InChI=1S/C9H13BrN2O/c10-7-3-1-2-4-8(7)12-9(13)5-6-11/h7-8H,1-5H2,(H,12,13)/t7-,8-/m0/s1. The van der Waals surface area contributed by atoms with E-state index in [1.165, 1.54) is 12.8 Å². The number of rotatable bonds is 2. The molecule has 1 aliphatic rings. The second-order valence-corrected chi connectivity index (χ2v) is 4.49. The van der Waals surface area contributed by atoms with Gasteiger partial charge in [0.05, 0.1) is 6.07 Å². The molecule has 1 fully saturated rings. The van der Waals surface area contributed by atoms with Gasteiger partial charge in [0.2, 0.25) is 5.91 Å². The predicted octanol–water partition coefficient (Wildman–Crippen LogP) is 1.72. The number of hydrogen-bond donors (Lipinski definition) is 1. The smallest absolute Gasteiger partial charge is 0.234 e. The van der Waals surface area contributed by atoms with Gasteiger partial charge in [-0.3, -0.25) is 4.79 Å². The number of carbonyl (C=O) groups excluding carboxylic acids is 1. The van der Waals surface area contributed by atoms with Crippen LogP contribution >= 0.6 is 15.9 Å². The second-order valence-electron chi connectivity index (χ2n) is 3.31. The molecule has 0 unspecified atom stereocenters. The summed E-state index contributed by atoms with van der Waals surface area (Å²) in [4.78, 5) is 11.5. The maximum atomic E-state index is 11.1. The van der Waals surface area contributed by atoms with Gasteiger partial charge >= 0.3 is 0 Å². The van der Waals surface area contributed by atoms with E-state index < -0.39 is 0 Å². The molecular weight excluding hydrogens is 232 g/mol. The largest absolute Gasteiger partial charge is 0.351 e. The molecule has 1 N–H and O–H groups in total. The molecule has 1 saturated carbocycles. The topological polar surface area (TPSA) is 52.9 Å². The minimum Gasteiger partial charge on any atom is -0.351 e. The van der Waals surface area contributed by atoms with Gasteiger partial charge in [-0.25, -0.2) is 0 Å². The number of nitrogens with zero attached hydrogens (tertiary/aromatic N) is 1. The van der Waals surface area contributed by atoms with E-state index >= 15 is 0 Å². The molecule has 0 spiro atoms. The van der Waals surface area contributed by atoms with Crippen molar-refractivity contribution in [3.63, 3.8) is 0 Å². The number of amides is 1. The van der Waals surface area contributed by atoms with Gasteiger partial charge in [-0.05, 0) is 12.8 Å². The van der Waals surface area contributed by atoms with E-state index in [4.69, 9.17) is 5.26 Å². The summed E-state index contributed by atoms with van der Waals surface area (Å²) in [7, 11) is 0. The molecule has 1 rings (SSSR count). The molecule has 1 aliphatic carbocycles. The van der Waals surface area contributed by atoms with Gasteiger partial charge in [-0.2, -0.15) is 5.26 Å². The third-order valence-electron chi connectivity index (χ3n) is 2.27. The normalized spacial score (nSPS) is 27.7. The molecular formula is C9H13BrN2O. The fraction of sp³-hybridized carbons (Fsp3) is 0.778. The molecule has 0 aromatic rings. The Hall–Kier alpha value is -0.560. The van der Waals surface area contributed by atoms with E-state index in [1.54, 1.807) is 0 Å².